The molecule has 2 aromatic carbocycles. The number of hydrogen-bond acceptors (Lipinski definition) is 8. The summed E-state index contributed by atoms with van der Waals surface area (Å²) < 4.78 is 4.93. The van der Waals surface area contributed by atoms with Crippen LogP contribution >= 0.6 is 0 Å². The Kier molecular flexibility index (Phi) is 7.66. The molecule has 0 amide bonds. The van der Waals surface area contributed by atoms with Gasteiger partial charge in [0.15, 0.2) is 6.54 Å². The topological polar surface area (TPSA) is 96.6 Å². The largest absolute Gasteiger partial charge is 0.508 e. The minimum atomic E-state index is -0.399. The molecule has 2 heterocycles. The van der Waals surface area contributed by atoms with E-state index in [1.54, 1.807) is 13.0 Å². The van der Waals surface area contributed by atoms with Crippen molar-refractivity contribution in [2.75, 3.05) is 39.3 Å². The van der Waals surface area contributed by atoms with E-state index in [-0.39, 0.29) is 18.3 Å². The monoisotopic (exact) mass is 462 g/mol. The van der Waals surface area contributed by atoms with E-state index < -0.39 is 5.97 Å². The number of phenolic OH excluding ortho intramolecular Hbond substituents is 1. The summed E-state index contributed by atoms with van der Waals surface area (Å²) in [5.74, 6) is 0.304. The number of ether oxygens (including phenoxy) is 1. The molecule has 9 heteroatoms. The highest BCUT2D eigenvalue weighted by Crippen LogP contribution is 2.32. The van der Waals surface area contributed by atoms with Crippen molar-refractivity contribution in [3.63, 3.8) is 0 Å². The summed E-state index contributed by atoms with van der Waals surface area (Å²) >= 11 is 0. The van der Waals surface area contributed by atoms with Crippen molar-refractivity contribution in [3.05, 3.63) is 72.3 Å². The Bertz CT molecular complexity index is 1110. The second-order valence-corrected chi connectivity index (χ2v) is 8.19. The Hall–Kier alpha value is -3.56. The van der Waals surface area contributed by atoms with Gasteiger partial charge in [0.25, 0.3) is 0 Å². The third-order valence-electron chi connectivity index (χ3n) is 5.86. The van der Waals surface area contributed by atoms with Crippen LogP contribution in [0.3, 0.4) is 0 Å². The number of aromatic hydroxyl groups is 1. The molecule has 4 rings (SSSR count). The molecule has 1 saturated heterocycles. The lowest BCUT2D eigenvalue weighted by Crippen LogP contribution is -2.47. The molecule has 1 aromatic heterocycles. The fourth-order valence-corrected chi connectivity index (χ4v) is 4.26. The van der Waals surface area contributed by atoms with Crippen molar-refractivity contribution in [3.8, 4) is 17.1 Å². The molecule has 1 aliphatic rings. The fourth-order valence-electron chi connectivity index (χ4n) is 4.26. The first kappa shape index (κ1) is 23.6. The Morgan fingerprint density at radius 1 is 1.15 bits per heavy atom. The van der Waals surface area contributed by atoms with Crippen LogP contribution in [0, 0.1) is 0 Å². The average Bonchev–Trinajstić information content (AvgIpc) is 3.29. The van der Waals surface area contributed by atoms with Crippen LogP contribution in [0.25, 0.3) is 11.4 Å². The molecular weight excluding hydrogens is 432 g/mol. The van der Waals surface area contributed by atoms with Crippen LogP contribution in [0.5, 0.6) is 5.75 Å². The van der Waals surface area contributed by atoms with E-state index in [1.165, 1.54) is 4.80 Å². The highest BCUT2D eigenvalue weighted by Gasteiger charge is 2.26. The van der Waals surface area contributed by atoms with E-state index in [0.29, 0.717) is 12.4 Å². The molecule has 1 aliphatic heterocycles. The molecule has 1 unspecified atom stereocenters. The van der Waals surface area contributed by atoms with Gasteiger partial charge in [-0.1, -0.05) is 42.5 Å². The lowest BCUT2D eigenvalue weighted by Gasteiger charge is -2.39. The predicted octanol–water partition coefficient (Wildman–Crippen LogP) is 2.50. The summed E-state index contributed by atoms with van der Waals surface area (Å²) in [5, 5.41) is 22.4. The van der Waals surface area contributed by atoms with Crippen LogP contribution in [0.15, 0.2) is 61.2 Å². The first-order valence-electron chi connectivity index (χ1n) is 11.5. The van der Waals surface area contributed by atoms with Crippen molar-refractivity contribution in [2.24, 2.45) is 0 Å². The summed E-state index contributed by atoms with van der Waals surface area (Å²) in [5.41, 5.74) is 2.97. The molecule has 1 atom stereocenters. The zero-order valence-corrected chi connectivity index (χ0v) is 19.4. The third-order valence-corrected chi connectivity index (χ3v) is 5.86. The molecule has 178 valence electrons. The lowest BCUT2D eigenvalue weighted by atomic mass is 9.95. The summed E-state index contributed by atoms with van der Waals surface area (Å²) in [6.07, 6.45) is 1.94. The normalized spacial score (nSPS) is 15.7. The van der Waals surface area contributed by atoms with Gasteiger partial charge in [-0.2, -0.15) is 4.80 Å². The molecule has 0 bridgehead atoms. The molecule has 1 N–H and O–H groups in total. The highest BCUT2D eigenvalue weighted by molar-refractivity contribution is 5.68. The number of esters is 1. The number of carbonyl (C=O) groups excluding carboxylic acids is 1. The van der Waals surface area contributed by atoms with E-state index in [1.807, 2.05) is 30.3 Å². The van der Waals surface area contributed by atoms with Crippen molar-refractivity contribution in [1.29, 1.82) is 0 Å². The fraction of sp³-hybridized carbons (Fsp3) is 0.360. The summed E-state index contributed by atoms with van der Waals surface area (Å²) in [4.78, 5) is 17.7. The average molecular weight is 463 g/mol. The van der Waals surface area contributed by atoms with Crippen LogP contribution in [0.2, 0.25) is 0 Å². The van der Waals surface area contributed by atoms with Crippen LogP contribution in [0.1, 0.15) is 24.1 Å². The van der Waals surface area contributed by atoms with Gasteiger partial charge < -0.3 is 9.84 Å². The van der Waals surface area contributed by atoms with Crippen LogP contribution in [0.4, 0.5) is 0 Å². The molecule has 0 saturated carbocycles. The van der Waals surface area contributed by atoms with Gasteiger partial charge >= 0.3 is 5.97 Å². The van der Waals surface area contributed by atoms with Crippen LogP contribution in [-0.2, 0) is 16.1 Å². The Labute approximate surface area is 199 Å². The molecule has 9 nitrogen and oxygen atoms in total. The smallest absolute Gasteiger partial charge is 0.329 e. The Morgan fingerprint density at radius 2 is 1.91 bits per heavy atom. The van der Waals surface area contributed by atoms with Gasteiger partial charge in [0.05, 0.1) is 12.6 Å². The minimum absolute atomic E-state index is 0.0134. The predicted molar refractivity (Wildman–Crippen MR) is 128 cm³/mol. The van der Waals surface area contributed by atoms with Gasteiger partial charge in [0.2, 0.25) is 5.82 Å². The molecule has 0 aliphatic carbocycles. The van der Waals surface area contributed by atoms with Crippen LogP contribution in [-0.4, -0.2) is 80.4 Å². The van der Waals surface area contributed by atoms with Crippen molar-refractivity contribution in [2.45, 2.75) is 19.5 Å². The number of aromatic nitrogens is 4. The van der Waals surface area contributed by atoms with Gasteiger partial charge in [-0.25, -0.2) is 4.79 Å². The highest BCUT2D eigenvalue weighted by atomic mass is 16.5. The van der Waals surface area contributed by atoms with E-state index >= 15 is 0 Å². The number of hydrogen-bond donors (Lipinski definition) is 1. The van der Waals surface area contributed by atoms with Crippen molar-refractivity contribution in [1.82, 2.24) is 30.0 Å². The van der Waals surface area contributed by atoms with Crippen LogP contribution < -0.4 is 0 Å². The van der Waals surface area contributed by atoms with E-state index in [0.717, 1.165) is 49.4 Å². The van der Waals surface area contributed by atoms with Gasteiger partial charge in [0, 0.05) is 38.3 Å². The number of phenols is 1. The summed E-state index contributed by atoms with van der Waals surface area (Å²) in [6.45, 7) is 10.5. The Balaban J connectivity index is 1.55. The molecule has 1 fully saturated rings. The zero-order valence-electron chi connectivity index (χ0n) is 19.4. The lowest BCUT2D eigenvalue weighted by molar-refractivity contribution is -0.144. The first-order chi connectivity index (χ1) is 16.6. The summed E-state index contributed by atoms with van der Waals surface area (Å²) in [6, 6.07) is 15.5. The minimum Gasteiger partial charge on any atom is -0.508 e. The van der Waals surface area contributed by atoms with Gasteiger partial charge in [-0.05, 0) is 35.4 Å². The number of tetrazole rings is 1. The van der Waals surface area contributed by atoms with E-state index in [2.05, 4.69) is 50.0 Å². The molecule has 3 aromatic rings. The van der Waals surface area contributed by atoms with Crippen molar-refractivity contribution < 1.29 is 14.6 Å². The van der Waals surface area contributed by atoms with E-state index in [9.17, 15) is 9.90 Å². The SMILES string of the molecule is C=CCN1CCN(C(c2ccc(-c3nnn(CC(=O)OCC)n3)cc2)c2cccc(O)c2)CC1. The zero-order chi connectivity index (χ0) is 23.9. The van der Waals surface area contributed by atoms with Gasteiger partial charge in [-0.15, -0.1) is 16.8 Å². The maximum Gasteiger partial charge on any atom is 0.329 e. The second-order valence-electron chi connectivity index (χ2n) is 8.19. The van der Waals surface area contributed by atoms with Gasteiger partial charge in [0.1, 0.15) is 5.75 Å². The quantitative estimate of drug-likeness (QED) is 0.383. The number of benzene rings is 2. The second kappa shape index (κ2) is 11.0. The molecule has 0 spiro atoms. The number of nitrogens with zero attached hydrogens (tertiary/aromatic N) is 6. The maximum atomic E-state index is 11.7. The number of piperazine rings is 1. The Morgan fingerprint density at radius 3 is 2.59 bits per heavy atom. The standard InChI is InChI=1S/C25H30N6O3/c1-3-12-29-13-15-30(16-14-29)24(21-6-5-7-22(32)17-21)19-8-10-20(11-9-19)25-26-28-31(27-25)18-23(33)34-4-2/h3,5-11,17,24,32H,1,4,12-16,18H2,2H3. The van der Waals surface area contributed by atoms with Crippen molar-refractivity contribution >= 4 is 5.97 Å². The number of rotatable bonds is 9. The first-order valence-corrected chi connectivity index (χ1v) is 11.5. The van der Waals surface area contributed by atoms with E-state index in [4.69, 9.17) is 4.74 Å². The molecular formula is C25H30N6O3. The number of carbonyl (C=O) groups is 1. The van der Waals surface area contributed by atoms with Gasteiger partial charge in [-0.3, -0.25) is 9.80 Å². The molecule has 0 radical (unpaired) electrons. The maximum absolute atomic E-state index is 11.7. The third kappa shape index (κ3) is 5.67. The summed E-state index contributed by atoms with van der Waals surface area (Å²) in [7, 11) is 0. The molecule has 34 heavy (non-hydrogen) atoms.